The van der Waals surface area contributed by atoms with Crippen LogP contribution in [0.2, 0.25) is 0 Å². The minimum atomic E-state index is -1.83. The Kier molecular flexibility index (Phi) is 27.7. The predicted octanol–water partition coefficient (Wildman–Crippen LogP) is -0.962. The van der Waals surface area contributed by atoms with Crippen LogP contribution in [0.5, 0.6) is 0 Å². The average molecular weight is 143 g/mol. The SMILES string of the molecule is O=C(O)O.[H+].[KH].[KH]. The molecule has 0 aromatic heterocycles. The topological polar surface area (TPSA) is 57.5 Å². The van der Waals surface area contributed by atoms with Gasteiger partial charge in [-0.2, -0.15) is 0 Å². The van der Waals surface area contributed by atoms with Crippen molar-refractivity contribution in [3.63, 3.8) is 0 Å². The van der Waals surface area contributed by atoms with Gasteiger partial charge in [0.25, 0.3) is 0 Å². The molecule has 0 aromatic carbocycles. The van der Waals surface area contributed by atoms with Crippen molar-refractivity contribution in [2.75, 3.05) is 0 Å². The molecule has 0 saturated carbocycles. The summed E-state index contributed by atoms with van der Waals surface area (Å²) in [7, 11) is 0. The predicted molar refractivity (Wildman–Crippen MR) is 26.1 cm³/mol. The van der Waals surface area contributed by atoms with Gasteiger partial charge < -0.3 is 10.2 Å². The quantitative estimate of drug-likeness (QED) is 0.429. The molecule has 0 aliphatic rings. The molecule has 0 spiro atoms. The fraction of sp³-hybridized carbons (Fsp3) is 0. The van der Waals surface area contributed by atoms with Crippen molar-refractivity contribution in [3.05, 3.63) is 0 Å². The fourth-order valence-corrected chi connectivity index (χ4v) is 0. The third-order valence-corrected chi connectivity index (χ3v) is 0. The van der Waals surface area contributed by atoms with Crippen LogP contribution in [0, 0.1) is 0 Å². The van der Waals surface area contributed by atoms with E-state index in [4.69, 9.17) is 15.0 Å². The summed E-state index contributed by atoms with van der Waals surface area (Å²) in [6.45, 7) is 0. The summed E-state index contributed by atoms with van der Waals surface area (Å²) < 4.78 is 0. The van der Waals surface area contributed by atoms with E-state index in [1.54, 1.807) is 0 Å². The van der Waals surface area contributed by atoms with E-state index in [-0.39, 0.29) is 104 Å². The second kappa shape index (κ2) is 10.5. The summed E-state index contributed by atoms with van der Waals surface area (Å²) in [6, 6.07) is 0. The Labute approximate surface area is 122 Å². The van der Waals surface area contributed by atoms with Gasteiger partial charge in [0.15, 0.2) is 0 Å². The molecule has 0 saturated heterocycles. The molecule has 5 heteroatoms. The van der Waals surface area contributed by atoms with E-state index >= 15 is 0 Å². The van der Waals surface area contributed by atoms with Crippen LogP contribution in [-0.2, 0) is 0 Å². The number of hydrogen-bond donors (Lipinski definition) is 2. The fourth-order valence-electron chi connectivity index (χ4n) is 0. The molecule has 0 aliphatic carbocycles. The summed E-state index contributed by atoms with van der Waals surface area (Å²) in [4.78, 5) is 8.56. The van der Waals surface area contributed by atoms with Crippen molar-refractivity contribution < 1.29 is 16.4 Å². The van der Waals surface area contributed by atoms with Crippen LogP contribution in [0.4, 0.5) is 4.79 Å². The summed E-state index contributed by atoms with van der Waals surface area (Å²) >= 11 is 0. The van der Waals surface area contributed by atoms with Crippen molar-refractivity contribution >= 4 is 109 Å². The molecule has 0 aliphatic heterocycles. The van der Waals surface area contributed by atoms with Crippen LogP contribution >= 0.6 is 0 Å². The molecule has 0 fully saturated rings. The molecule has 0 aromatic rings. The van der Waals surface area contributed by atoms with E-state index in [1.807, 2.05) is 0 Å². The Bertz CT molecular complexity index is 35.9. The van der Waals surface area contributed by atoms with Crippen molar-refractivity contribution in [1.82, 2.24) is 0 Å². The first kappa shape index (κ1) is 15.8. The van der Waals surface area contributed by atoms with Gasteiger partial charge >= 0.3 is 110 Å². The Morgan fingerprint density at radius 2 is 1.33 bits per heavy atom. The minimum absolute atomic E-state index is 0. The van der Waals surface area contributed by atoms with Gasteiger partial charge in [-0.15, -0.1) is 0 Å². The van der Waals surface area contributed by atoms with Gasteiger partial charge in [-0.3, -0.25) is 0 Å². The van der Waals surface area contributed by atoms with E-state index in [9.17, 15) is 0 Å². The zero-order valence-electron chi connectivity index (χ0n) is 2.80. The van der Waals surface area contributed by atoms with Crippen LogP contribution in [-0.4, -0.2) is 119 Å². The Hall–Kier alpha value is 2.54. The van der Waals surface area contributed by atoms with Crippen LogP contribution in [0.3, 0.4) is 0 Å². The number of carbonyl (C=O) groups is 1. The molecular weight excluding hydrogens is 138 g/mol. The van der Waals surface area contributed by atoms with Gasteiger partial charge in [-0.1, -0.05) is 0 Å². The van der Waals surface area contributed by atoms with E-state index in [0.29, 0.717) is 0 Å². The molecule has 0 heterocycles. The molecule has 2 N–H and O–H groups in total. The summed E-state index contributed by atoms with van der Waals surface area (Å²) in [5.74, 6) is 0. The monoisotopic (exact) mass is 143 g/mol. The standard InChI is InChI=1S/CH2O3.2K.2H/c2-1(3)4;;;;/h(H2,2,3,4);;;;/p+1. The number of carboxylic acid groups (broad SMARTS) is 2. The summed E-state index contributed by atoms with van der Waals surface area (Å²) in [6.07, 6.45) is -1.83. The third-order valence-electron chi connectivity index (χ3n) is 0. The van der Waals surface area contributed by atoms with Gasteiger partial charge in [-0.25, -0.2) is 4.79 Å². The van der Waals surface area contributed by atoms with Crippen molar-refractivity contribution in [1.29, 1.82) is 0 Å². The van der Waals surface area contributed by atoms with Crippen molar-refractivity contribution in [2.45, 2.75) is 0 Å². The molecule has 28 valence electrons. The molecule has 0 radical (unpaired) electrons. The van der Waals surface area contributed by atoms with E-state index in [2.05, 4.69) is 0 Å². The number of hydrogen-bond acceptors (Lipinski definition) is 1. The average Bonchev–Trinajstić information content (AvgIpc) is 0.811. The first-order chi connectivity index (χ1) is 1.73. The molecule has 0 atom stereocenters. The molecule has 0 unspecified atom stereocenters. The maximum atomic E-state index is 8.56. The second-order valence-electron chi connectivity index (χ2n) is 0.283. The first-order valence-corrected chi connectivity index (χ1v) is 0.651. The zero-order valence-corrected chi connectivity index (χ0v) is 1.80. The van der Waals surface area contributed by atoms with Gasteiger partial charge in [0, 0.05) is 0 Å². The molecule has 0 rings (SSSR count). The van der Waals surface area contributed by atoms with Gasteiger partial charge in [0.05, 0.1) is 0 Å². The summed E-state index contributed by atoms with van der Waals surface area (Å²) in [5.41, 5.74) is 0. The Morgan fingerprint density at radius 3 is 1.33 bits per heavy atom. The van der Waals surface area contributed by atoms with Crippen LogP contribution < -0.4 is 0 Å². The Morgan fingerprint density at radius 1 is 1.33 bits per heavy atom. The summed E-state index contributed by atoms with van der Waals surface area (Å²) in [5, 5.41) is 13.9. The molecule has 0 amide bonds. The van der Waals surface area contributed by atoms with Gasteiger partial charge in [-0.05, 0) is 0 Å². The van der Waals surface area contributed by atoms with Gasteiger partial charge in [0.2, 0.25) is 0 Å². The molecule has 6 heavy (non-hydrogen) atoms. The normalized spacial score (nSPS) is 4.00. The van der Waals surface area contributed by atoms with Crippen LogP contribution in [0.15, 0.2) is 0 Å². The Balaban J connectivity index is -0.0000000150. The molecule has 0 bridgehead atoms. The van der Waals surface area contributed by atoms with Crippen LogP contribution in [0.1, 0.15) is 1.43 Å². The zero-order chi connectivity index (χ0) is 3.58. The first-order valence-electron chi connectivity index (χ1n) is 0.651. The third kappa shape index (κ3) is 31.1. The van der Waals surface area contributed by atoms with Gasteiger partial charge in [0.1, 0.15) is 0 Å². The van der Waals surface area contributed by atoms with E-state index in [1.165, 1.54) is 0 Å². The number of rotatable bonds is 0. The van der Waals surface area contributed by atoms with E-state index in [0.717, 1.165) is 0 Å². The second-order valence-corrected chi connectivity index (χ2v) is 0.283. The van der Waals surface area contributed by atoms with Crippen molar-refractivity contribution in [2.24, 2.45) is 0 Å². The maximum absolute atomic E-state index is 8.56. The van der Waals surface area contributed by atoms with Crippen LogP contribution in [0.25, 0.3) is 0 Å². The van der Waals surface area contributed by atoms with Crippen molar-refractivity contribution in [3.8, 4) is 0 Å². The van der Waals surface area contributed by atoms with E-state index < -0.39 is 6.16 Å². The molecular formula is CH5K2O3+. The molecule has 3 nitrogen and oxygen atoms in total.